The van der Waals surface area contributed by atoms with Crippen molar-refractivity contribution in [3.63, 3.8) is 0 Å². The Kier molecular flexibility index (Phi) is 3.74. The van der Waals surface area contributed by atoms with Gasteiger partial charge in [-0.15, -0.1) is 0 Å². The van der Waals surface area contributed by atoms with Gasteiger partial charge in [-0.2, -0.15) is 10.2 Å². The molecule has 6 heteroatoms. The average molecular weight is 250 g/mol. The van der Waals surface area contributed by atoms with Crippen LogP contribution in [0.25, 0.3) is 0 Å². The highest BCUT2D eigenvalue weighted by Gasteiger charge is 2.26. The van der Waals surface area contributed by atoms with E-state index in [0.717, 1.165) is 37.1 Å². The summed E-state index contributed by atoms with van der Waals surface area (Å²) in [6.07, 6.45) is 4.45. The minimum Gasteiger partial charge on any atom is -0.262 e. The zero-order valence-electron chi connectivity index (χ0n) is 10.7. The van der Waals surface area contributed by atoms with Gasteiger partial charge in [0.2, 0.25) is 0 Å². The summed E-state index contributed by atoms with van der Waals surface area (Å²) in [7, 11) is 0. The maximum Gasteiger partial charge on any atom is 0.331 e. The molecule has 0 aromatic heterocycles. The van der Waals surface area contributed by atoms with Gasteiger partial charge in [0.05, 0.1) is 0 Å². The van der Waals surface area contributed by atoms with E-state index in [0.29, 0.717) is 11.8 Å². The van der Waals surface area contributed by atoms with Crippen molar-refractivity contribution >= 4 is 23.2 Å². The van der Waals surface area contributed by atoms with E-state index in [1.54, 1.807) is 0 Å². The largest absolute Gasteiger partial charge is 0.331 e. The third kappa shape index (κ3) is 3.65. The van der Waals surface area contributed by atoms with E-state index in [1.807, 2.05) is 13.8 Å². The molecule has 2 N–H and O–H groups in total. The summed E-state index contributed by atoms with van der Waals surface area (Å²) in [5, 5.41) is 7.78. The molecule has 2 saturated carbocycles. The van der Waals surface area contributed by atoms with E-state index in [2.05, 4.69) is 21.1 Å². The fourth-order valence-corrected chi connectivity index (χ4v) is 1.56. The highest BCUT2D eigenvalue weighted by atomic mass is 16.2. The van der Waals surface area contributed by atoms with Gasteiger partial charge in [-0.05, 0) is 51.4 Å². The van der Waals surface area contributed by atoms with Crippen LogP contribution in [0.3, 0.4) is 0 Å². The third-order valence-corrected chi connectivity index (χ3v) is 3.21. The van der Waals surface area contributed by atoms with Gasteiger partial charge in [-0.25, -0.2) is 10.9 Å². The SMILES string of the molecule is C/C(=N\NC(=O)C(=O)N/N=C(\C)C1CC1)C1CC1. The summed E-state index contributed by atoms with van der Waals surface area (Å²) in [5.41, 5.74) is 6.22. The first-order chi connectivity index (χ1) is 8.58. The normalized spacial score (nSPS) is 20.6. The number of nitrogens with zero attached hydrogens (tertiary/aromatic N) is 2. The molecule has 0 aromatic carbocycles. The summed E-state index contributed by atoms with van der Waals surface area (Å²) < 4.78 is 0. The molecule has 2 amide bonds. The van der Waals surface area contributed by atoms with Crippen molar-refractivity contribution in [3.8, 4) is 0 Å². The zero-order chi connectivity index (χ0) is 13.1. The monoisotopic (exact) mass is 250 g/mol. The lowest BCUT2D eigenvalue weighted by molar-refractivity contribution is -0.139. The van der Waals surface area contributed by atoms with Crippen LogP contribution < -0.4 is 10.9 Å². The highest BCUT2D eigenvalue weighted by molar-refractivity contribution is 6.35. The predicted molar refractivity (Wildman–Crippen MR) is 68.0 cm³/mol. The molecule has 0 spiro atoms. The molecule has 0 bridgehead atoms. The molecule has 2 rings (SSSR count). The fourth-order valence-electron chi connectivity index (χ4n) is 1.56. The van der Waals surface area contributed by atoms with Crippen molar-refractivity contribution in [3.05, 3.63) is 0 Å². The lowest BCUT2D eigenvalue weighted by atomic mass is 10.3. The number of nitrogens with one attached hydrogen (secondary N) is 2. The predicted octanol–water partition coefficient (Wildman–Crippen LogP) is 0.791. The van der Waals surface area contributed by atoms with E-state index in [9.17, 15) is 9.59 Å². The molecule has 0 unspecified atom stereocenters. The number of rotatable bonds is 4. The second-order valence-corrected chi connectivity index (χ2v) is 4.94. The van der Waals surface area contributed by atoms with Crippen molar-refractivity contribution in [2.75, 3.05) is 0 Å². The molecule has 18 heavy (non-hydrogen) atoms. The zero-order valence-corrected chi connectivity index (χ0v) is 10.7. The fraction of sp³-hybridized carbons (Fsp3) is 0.667. The molecule has 98 valence electrons. The van der Waals surface area contributed by atoms with Crippen LogP contribution in [0.4, 0.5) is 0 Å². The number of carbonyl (C=O) groups is 2. The van der Waals surface area contributed by atoms with Crippen molar-refractivity contribution in [2.24, 2.45) is 22.0 Å². The molecule has 0 heterocycles. The van der Waals surface area contributed by atoms with Gasteiger partial charge in [0.1, 0.15) is 0 Å². The molecular formula is C12H18N4O2. The van der Waals surface area contributed by atoms with Crippen LogP contribution in [-0.4, -0.2) is 23.2 Å². The Morgan fingerprint density at radius 2 is 1.17 bits per heavy atom. The van der Waals surface area contributed by atoms with Gasteiger partial charge in [0.25, 0.3) is 0 Å². The van der Waals surface area contributed by atoms with Gasteiger partial charge < -0.3 is 0 Å². The Morgan fingerprint density at radius 1 is 0.833 bits per heavy atom. The topological polar surface area (TPSA) is 82.9 Å². The lowest BCUT2D eigenvalue weighted by Crippen LogP contribution is -2.36. The quantitative estimate of drug-likeness (QED) is 0.439. The van der Waals surface area contributed by atoms with Crippen LogP contribution in [0, 0.1) is 11.8 Å². The summed E-state index contributed by atoms with van der Waals surface area (Å²) in [6, 6.07) is 0. The number of amides is 2. The van der Waals surface area contributed by atoms with Gasteiger partial charge in [-0.3, -0.25) is 9.59 Å². The number of hydrogen-bond acceptors (Lipinski definition) is 4. The number of hydrogen-bond donors (Lipinski definition) is 2. The van der Waals surface area contributed by atoms with Crippen LogP contribution in [0.15, 0.2) is 10.2 Å². The lowest BCUT2D eigenvalue weighted by Gasteiger charge is -2.01. The first kappa shape index (κ1) is 12.7. The Balaban J connectivity index is 1.75. The average Bonchev–Trinajstić information content (AvgIpc) is 3.19. The molecule has 2 fully saturated rings. The van der Waals surface area contributed by atoms with Crippen LogP contribution in [-0.2, 0) is 9.59 Å². The van der Waals surface area contributed by atoms with Crippen LogP contribution in [0.2, 0.25) is 0 Å². The molecule has 0 saturated heterocycles. The molecule has 0 atom stereocenters. The molecule has 6 nitrogen and oxygen atoms in total. The van der Waals surface area contributed by atoms with Crippen LogP contribution in [0.5, 0.6) is 0 Å². The first-order valence-corrected chi connectivity index (χ1v) is 6.26. The second-order valence-electron chi connectivity index (χ2n) is 4.94. The Hall–Kier alpha value is -1.72. The van der Waals surface area contributed by atoms with Crippen molar-refractivity contribution < 1.29 is 9.59 Å². The Labute approximate surface area is 106 Å². The van der Waals surface area contributed by atoms with Crippen molar-refractivity contribution in [1.29, 1.82) is 0 Å². The summed E-state index contributed by atoms with van der Waals surface area (Å²) >= 11 is 0. The first-order valence-electron chi connectivity index (χ1n) is 6.26. The van der Waals surface area contributed by atoms with E-state index in [1.165, 1.54) is 0 Å². The van der Waals surface area contributed by atoms with Crippen LogP contribution in [0.1, 0.15) is 39.5 Å². The maximum atomic E-state index is 11.4. The summed E-state index contributed by atoms with van der Waals surface area (Å²) in [5.74, 6) is -0.600. The molecule has 0 radical (unpaired) electrons. The maximum absolute atomic E-state index is 11.4. The molecular weight excluding hydrogens is 232 g/mol. The third-order valence-electron chi connectivity index (χ3n) is 3.21. The van der Waals surface area contributed by atoms with Crippen molar-refractivity contribution in [2.45, 2.75) is 39.5 Å². The Morgan fingerprint density at radius 3 is 1.44 bits per heavy atom. The van der Waals surface area contributed by atoms with E-state index in [4.69, 9.17) is 0 Å². The Bertz CT molecular complexity index is 380. The van der Waals surface area contributed by atoms with Gasteiger partial charge in [0.15, 0.2) is 0 Å². The molecule has 0 aromatic rings. The highest BCUT2D eigenvalue weighted by Crippen LogP contribution is 2.30. The summed E-state index contributed by atoms with van der Waals surface area (Å²) in [6.45, 7) is 3.70. The minimum absolute atomic E-state index is 0.475. The number of carbonyl (C=O) groups excluding carboxylic acids is 2. The second kappa shape index (κ2) is 5.29. The van der Waals surface area contributed by atoms with E-state index in [-0.39, 0.29) is 0 Å². The van der Waals surface area contributed by atoms with E-state index < -0.39 is 11.8 Å². The smallest absolute Gasteiger partial charge is 0.262 e. The van der Waals surface area contributed by atoms with Gasteiger partial charge >= 0.3 is 11.8 Å². The van der Waals surface area contributed by atoms with Gasteiger partial charge in [-0.1, -0.05) is 0 Å². The van der Waals surface area contributed by atoms with Crippen LogP contribution >= 0.6 is 0 Å². The molecule has 2 aliphatic carbocycles. The van der Waals surface area contributed by atoms with Crippen molar-refractivity contribution in [1.82, 2.24) is 10.9 Å². The molecule has 2 aliphatic rings. The number of hydrazone groups is 2. The molecule has 0 aliphatic heterocycles. The van der Waals surface area contributed by atoms with Gasteiger partial charge in [0, 0.05) is 11.4 Å². The summed E-state index contributed by atoms with van der Waals surface area (Å²) in [4.78, 5) is 22.8. The van der Waals surface area contributed by atoms with E-state index >= 15 is 0 Å². The minimum atomic E-state index is -0.776. The standard InChI is InChI=1S/C12H18N4O2/c1-7(9-3-4-9)13-15-11(17)12(18)16-14-8(2)10-5-6-10/h9-10H,3-6H2,1-2H3,(H,15,17)(H,16,18)/b13-7+,14-8+.